The van der Waals surface area contributed by atoms with Crippen molar-refractivity contribution >= 4 is 22.6 Å². The molecule has 0 aliphatic carbocycles. The summed E-state index contributed by atoms with van der Waals surface area (Å²) in [6.45, 7) is 5.63. The SMILES string of the molecule is CN=C(NCCCOc1ccc2ccccc2c1)NCC(C)(C)C(=O)NC. The molecule has 0 aliphatic rings. The lowest BCUT2D eigenvalue weighted by molar-refractivity contribution is -0.128. The van der Waals surface area contributed by atoms with Crippen LogP contribution in [-0.2, 0) is 4.79 Å². The second-order valence-corrected chi connectivity index (χ2v) is 7.03. The second kappa shape index (κ2) is 9.80. The Labute approximate surface area is 161 Å². The summed E-state index contributed by atoms with van der Waals surface area (Å²) in [5.74, 6) is 1.55. The molecule has 0 radical (unpaired) electrons. The number of hydrogen-bond acceptors (Lipinski definition) is 3. The quantitative estimate of drug-likeness (QED) is 0.379. The Kier molecular flexibility index (Phi) is 7.46. The highest BCUT2D eigenvalue weighted by Crippen LogP contribution is 2.20. The molecule has 2 rings (SSSR count). The third-order valence-electron chi connectivity index (χ3n) is 4.37. The van der Waals surface area contributed by atoms with E-state index in [1.165, 1.54) is 10.8 Å². The summed E-state index contributed by atoms with van der Waals surface area (Å²) in [6.07, 6.45) is 0.840. The van der Waals surface area contributed by atoms with Crippen LogP contribution in [-0.4, -0.2) is 45.7 Å². The summed E-state index contributed by atoms with van der Waals surface area (Å²) in [7, 11) is 3.36. The number of nitrogens with zero attached hydrogens (tertiary/aromatic N) is 1. The fraction of sp³-hybridized carbons (Fsp3) is 0.429. The lowest BCUT2D eigenvalue weighted by atomic mass is 9.92. The van der Waals surface area contributed by atoms with Crippen LogP contribution in [0.1, 0.15) is 20.3 Å². The van der Waals surface area contributed by atoms with Gasteiger partial charge in [0, 0.05) is 27.2 Å². The van der Waals surface area contributed by atoms with E-state index < -0.39 is 5.41 Å². The van der Waals surface area contributed by atoms with Crippen molar-refractivity contribution in [3.05, 3.63) is 42.5 Å². The molecule has 146 valence electrons. The van der Waals surface area contributed by atoms with Crippen LogP contribution < -0.4 is 20.7 Å². The third kappa shape index (κ3) is 6.16. The number of guanidine groups is 1. The van der Waals surface area contributed by atoms with Gasteiger partial charge in [0.2, 0.25) is 5.91 Å². The largest absolute Gasteiger partial charge is 0.494 e. The minimum absolute atomic E-state index is 0.00534. The first-order valence-corrected chi connectivity index (χ1v) is 9.24. The average molecular weight is 370 g/mol. The van der Waals surface area contributed by atoms with Gasteiger partial charge in [0.15, 0.2) is 5.96 Å². The third-order valence-corrected chi connectivity index (χ3v) is 4.37. The van der Waals surface area contributed by atoms with Crippen molar-refractivity contribution in [2.75, 3.05) is 33.8 Å². The van der Waals surface area contributed by atoms with Crippen LogP contribution in [0, 0.1) is 5.41 Å². The Morgan fingerprint density at radius 3 is 2.56 bits per heavy atom. The van der Waals surface area contributed by atoms with E-state index in [0.717, 1.165) is 18.7 Å². The highest BCUT2D eigenvalue weighted by Gasteiger charge is 2.26. The maximum atomic E-state index is 11.8. The van der Waals surface area contributed by atoms with Crippen LogP contribution in [0.3, 0.4) is 0 Å². The molecule has 0 spiro atoms. The molecule has 0 atom stereocenters. The maximum absolute atomic E-state index is 11.8. The number of carbonyl (C=O) groups is 1. The van der Waals surface area contributed by atoms with Crippen LogP contribution in [0.5, 0.6) is 5.75 Å². The first kappa shape index (κ1) is 20.6. The number of rotatable bonds is 8. The van der Waals surface area contributed by atoms with E-state index in [0.29, 0.717) is 19.1 Å². The molecule has 2 aromatic carbocycles. The molecule has 0 aliphatic heterocycles. The highest BCUT2D eigenvalue weighted by molar-refractivity contribution is 5.84. The Bertz CT molecular complexity index is 787. The molecule has 0 saturated heterocycles. The fourth-order valence-electron chi connectivity index (χ4n) is 2.67. The number of carbonyl (C=O) groups excluding carboxylic acids is 1. The van der Waals surface area contributed by atoms with E-state index in [4.69, 9.17) is 4.74 Å². The predicted molar refractivity (Wildman–Crippen MR) is 111 cm³/mol. The number of fused-ring (bicyclic) bond motifs is 1. The predicted octanol–water partition coefficient (Wildman–Crippen LogP) is 2.55. The summed E-state index contributed by atoms with van der Waals surface area (Å²) in [6, 6.07) is 14.4. The van der Waals surface area contributed by atoms with Crippen molar-refractivity contribution in [1.82, 2.24) is 16.0 Å². The normalized spacial score (nSPS) is 11.9. The standard InChI is InChI=1S/C21H30N4O2/c1-21(2,19(26)22-3)15-25-20(23-4)24-12-7-13-27-18-11-10-16-8-5-6-9-17(16)14-18/h5-6,8-11,14H,7,12-13,15H2,1-4H3,(H,22,26)(H2,23,24,25). The zero-order valence-electron chi connectivity index (χ0n) is 16.6. The van der Waals surface area contributed by atoms with E-state index in [1.807, 2.05) is 32.0 Å². The summed E-state index contributed by atoms with van der Waals surface area (Å²) in [5, 5.41) is 11.5. The van der Waals surface area contributed by atoms with Crippen LogP contribution in [0.4, 0.5) is 0 Å². The summed E-state index contributed by atoms with van der Waals surface area (Å²) < 4.78 is 5.84. The number of nitrogens with one attached hydrogen (secondary N) is 3. The topological polar surface area (TPSA) is 74.8 Å². The van der Waals surface area contributed by atoms with Crippen molar-refractivity contribution < 1.29 is 9.53 Å². The first-order valence-electron chi connectivity index (χ1n) is 9.24. The van der Waals surface area contributed by atoms with Gasteiger partial charge < -0.3 is 20.7 Å². The van der Waals surface area contributed by atoms with Crippen molar-refractivity contribution in [1.29, 1.82) is 0 Å². The summed E-state index contributed by atoms with van der Waals surface area (Å²) in [5.41, 5.74) is -0.508. The number of benzene rings is 2. The van der Waals surface area contributed by atoms with Crippen molar-refractivity contribution in [2.24, 2.45) is 10.4 Å². The number of aliphatic imine (C=N–C) groups is 1. The molecule has 6 nitrogen and oxygen atoms in total. The Morgan fingerprint density at radius 2 is 1.85 bits per heavy atom. The van der Waals surface area contributed by atoms with Crippen LogP contribution in [0.15, 0.2) is 47.5 Å². The van der Waals surface area contributed by atoms with Gasteiger partial charge in [-0.05, 0) is 43.2 Å². The van der Waals surface area contributed by atoms with Crippen LogP contribution >= 0.6 is 0 Å². The van der Waals surface area contributed by atoms with Gasteiger partial charge in [-0.15, -0.1) is 0 Å². The van der Waals surface area contributed by atoms with Crippen molar-refractivity contribution in [2.45, 2.75) is 20.3 Å². The Hall–Kier alpha value is -2.76. The van der Waals surface area contributed by atoms with Gasteiger partial charge in [-0.3, -0.25) is 9.79 Å². The Balaban J connectivity index is 1.70. The van der Waals surface area contributed by atoms with Crippen LogP contribution in [0.2, 0.25) is 0 Å². The fourth-order valence-corrected chi connectivity index (χ4v) is 2.67. The molecule has 0 fully saturated rings. The van der Waals surface area contributed by atoms with E-state index >= 15 is 0 Å². The molecule has 27 heavy (non-hydrogen) atoms. The van der Waals surface area contributed by atoms with Gasteiger partial charge in [-0.2, -0.15) is 0 Å². The van der Waals surface area contributed by atoms with Crippen LogP contribution in [0.25, 0.3) is 10.8 Å². The molecule has 0 bridgehead atoms. The monoisotopic (exact) mass is 370 g/mol. The summed E-state index contributed by atoms with van der Waals surface area (Å²) >= 11 is 0. The smallest absolute Gasteiger partial charge is 0.227 e. The lowest BCUT2D eigenvalue weighted by Crippen LogP contribution is -2.47. The zero-order chi connectivity index (χ0) is 19.7. The highest BCUT2D eigenvalue weighted by atomic mass is 16.5. The van der Waals surface area contributed by atoms with Gasteiger partial charge in [0.25, 0.3) is 0 Å². The van der Waals surface area contributed by atoms with E-state index in [-0.39, 0.29) is 5.91 Å². The van der Waals surface area contributed by atoms with Crippen molar-refractivity contribution in [3.8, 4) is 5.75 Å². The van der Waals surface area contributed by atoms with E-state index in [1.54, 1.807) is 14.1 Å². The average Bonchev–Trinajstić information content (AvgIpc) is 2.69. The van der Waals surface area contributed by atoms with Gasteiger partial charge in [-0.25, -0.2) is 0 Å². The van der Waals surface area contributed by atoms with Gasteiger partial charge in [-0.1, -0.05) is 30.3 Å². The van der Waals surface area contributed by atoms with E-state index in [9.17, 15) is 4.79 Å². The molecule has 0 unspecified atom stereocenters. The molecule has 3 N–H and O–H groups in total. The summed E-state index contributed by atoms with van der Waals surface area (Å²) in [4.78, 5) is 16.0. The van der Waals surface area contributed by atoms with Gasteiger partial charge in [0.05, 0.1) is 12.0 Å². The molecule has 0 aromatic heterocycles. The number of ether oxygens (including phenoxy) is 1. The molecule has 0 saturated carbocycles. The lowest BCUT2D eigenvalue weighted by Gasteiger charge is -2.24. The van der Waals surface area contributed by atoms with Crippen molar-refractivity contribution in [3.63, 3.8) is 0 Å². The molecular weight excluding hydrogens is 340 g/mol. The minimum atomic E-state index is -0.508. The molecule has 1 amide bonds. The molecule has 2 aromatic rings. The molecular formula is C21H30N4O2. The minimum Gasteiger partial charge on any atom is -0.494 e. The number of hydrogen-bond donors (Lipinski definition) is 3. The van der Waals surface area contributed by atoms with Gasteiger partial charge >= 0.3 is 0 Å². The van der Waals surface area contributed by atoms with E-state index in [2.05, 4.69) is 45.2 Å². The second-order valence-electron chi connectivity index (χ2n) is 7.03. The Morgan fingerprint density at radius 1 is 1.11 bits per heavy atom. The molecule has 6 heteroatoms. The zero-order valence-corrected chi connectivity index (χ0v) is 16.6. The molecule has 0 heterocycles. The van der Waals surface area contributed by atoms with Gasteiger partial charge in [0.1, 0.15) is 5.75 Å². The first-order chi connectivity index (χ1) is 13.0. The maximum Gasteiger partial charge on any atom is 0.227 e. The number of amides is 1.